The maximum atomic E-state index is 11.0. The Kier molecular flexibility index (Phi) is 4.84. The largest absolute Gasteiger partial charge is 0.478 e. The number of carbonyl (C=O) groups is 1. The summed E-state index contributed by atoms with van der Waals surface area (Å²) in [5, 5.41) is 19.5. The average Bonchev–Trinajstić information content (AvgIpc) is 2.27. The number of aromatic carboxylic acids is 1. The number of nitrogens with one attached hydrogen (secondary N) is 1. The lowest BCUT2D eigenvalue weighted by Crippen LogP contribution is -2.24. The first kappa shape index (κ1) is 13.4. The smallest absolute Gasteiger partial charge is 0.339 e. The van der Waals surface area contributed by atoms with Gasteiger partial charge in [-0.05, 0) is 40.1 Å². The summed E-state index contributed by atoms with van der Waals surface area (Å²) >= 11 is 0. The zero-order valence-electron chi connectivity index (χ0n) is 10.3. The highest BCUT2D eigenvalue weighted by Crippen LogP contribution is 2.12. The zero-order valence-corrected chi connectivity index (χ0v) is 10.3. The van der Waals surface area contributed by atoms with E-state index >= 15 is 0 Å². The Morgan fingerprint density at radius 3 is 2.88 bits per heavy atom. The molecule has 1 rings (SSSR count). The molecule has 6 nitrogen and oxygen atoms in total. The quantitative estimate of drug-likeness (QED) is 0.767. The van der Waals surface area contributed by atoms with Gasteiger partial charge in [0.25, 0.3) is 0 Å². The molecule has 0 bridgehead atoms. The summed E-state index contributed by atoms with van der Waals surface area (Å²) in [4.78, 5) is 13.0. The molecule has 1 atom stereocenters. The van der Waals surface area contributed by atoms with Gasteiger partial charge in [-0.2, -0.15) is 5.10 Å². The van der Waals surface area contributed by atoms with Crippen molar-refractivity contribution in [3.8, 4) is 0 Å². The van der Waals surface area contributed by atoms with E-state index < -0.39 is 5.97 Å². The lowest BCUT2D eigenvalue weighted by Gasteiger charge is -2.17. The molecular formula is C11H18N4O2. The maximum Gasteiger partial charge on any atom is 0.339 e. The maximum absolute atomic E-state index is 11.0. The third-order valence-electron chi connectivity index (χ3n) is 2.34. The first-order valence-corrected chi connectivity index (χ1v) is 5.47. The number of rotatable bonds is 6. The fourth-order valence-electron chi connectivity index (χ4n) is 1.37. The van der Waals surface area contributed by atoms with Gasteiger partial charge in [-0.1, -0.05) is 0 Å². The summed E-state index contributed by atoms with van der Waals surface area (Å²) in [6.07, 6.45) is 2.28. The predicted molar refractivity (Wildman–Crippen MR) is 65.2 cm³/mol. The topological polar surface area (TPSA) is 78.3 Å². The monoisotopic (exact) mass is 238 g/mol. The summed E-state index contributed by atoms with van der Waals surface area (Å²) in [7, 11) is 4.00. The van der Waals surface area contributed by atoms with Gasteiger partial charge < -0.3 is 15.3 Å². The molecule has 0 fully saturated rings. The fourth-order valence-corrected chi connectivity index (χ4v) is 1.37. The van der Waals surface area contributed by atoms with E-state index in [-0.39, 0.29) is 11.6 Å². The van der Waals surface area contributed by atoms with Crippen LogP contribution >= 0.6 is 0 Å². The van der Waals surface area contributed by atoms with Crippen molar-refractivity contribution < 1.29 is 9.90 Å². The second kappa shape index (κ2) is 6.15. The number of aromatic nitrogens is 2. The third-order valence-corrected chi connectivity index (χ3v) is 2.34. The number of anilines is 1. The van der Waals surface area contributed by atoms with Gasteiger partial charge in [0.05, 0.1) is 6.20 Å². The van der Waals surface area contributed by atoms with Crippen molar-refractivity contribution in [2.45, 2.75) is 19.4 Å². The second-order valence-corrected chi connectivity index (χ2v) is 4.24. The molecule has 0 amide bonds. The summed E-state index contributed by atoms with van der Waals surface area (Å²) in [6, 6.07) is 1.59. The van der Waals surface area contributed by atoms with Crippen molar-refractivity contribution in [2.75, 3.05) is 26.0 Å². The number of carboxylic acid groups (broad SMARTS) is 1. The van der Waals surface area contributed by atoms with Crippen molar-refractivity contribution >= 4 is 11.8 Å². The van der Waals surface area contributed by atoms with E-state index in [9.17, 15) is 4.79 Å². The lowest BCUT2D eigenvalue weighted by molar-refractivity contribution is 0.0697. The highest BCUT2D eigenvalue weighted by atomic mass is 16.4. The van der Waals surface area contributed by atoms with E-state index in [4.69, 9.17) is 5.11 Å². The van der Waals surface area contributed by atoms with E-state index in [1.807, 2.05) is 21.0 Å². The van der Waals surface area contributed by atoms with E-state index in [0.29, 0.717) is 5.82 Å². The van der Waals surface area contributed by atoms with Crippen LogP contribution in [0.3, 0.4) is 0 Å². The Morgan fingerprint density at radius 2 is 2.29 bits per heavy atom. The van der Waals surface area contributed by atoms with E-state index in [1.165, 1.54) is 12.3 Å². The van der Waals surface area contributed by atoms with Crippen molar-refractivity contribution in [2.24, 2.45) is 0 Å². The van der Waals surface area contributed by atoms with Crippen LogP contribution in [0.4, 0.5) is 5.82 Å². The average molecular weight is 238 g/mol. The molecule has 0 aromatic carbocycles. The molecule has 0 saturated carbocycles. The molecule has 0 radical (unpaired) electrons. The van der Waals surface area contributed by atoms with E-state index in [1.54, 1.807) is 0 Å². The van der Waals surface area contributed by atoms with Gasteiger partial charge >= 0.3 is 5.97 Å². The third kappa shape index (κ3) is 4.36. The number of nitrogens with zero attached hydrogens (tertiary/aromatic N) is 3. The molecule has 1 aromatic rings. The first-order chi connectivity index (χ1) is 8.00. The van der Waals surface area contributed by atoms with Crippen LogP contribution in [0.5, 0.6) is 0 Å². The van der Waals surface area contributed by atoms with Crippen LogP contribution in [-0.4, -0.2) is 52.9 Å². The molecule has 0 spiro atoms. The summed E-state index contributed by atoms with van der Waals surface area (Å²) in [5.74, 6) is -0.673. The minimum absolute atomic E-state index is 0.146. The van der Waals surface area contributed by atoms with Gasteiger partial charge in [0.1, 0.15) is 5.56 Å². The molecule has 0 aliphatic heterocycles. The van der Waals surface area contributed by atoms with Crippen LogP contribution in [0, 0.1) is 0 Å². The number of carboxylic acids is 1. The molecular weight excluding hydrogens is 220 g/mol. The Balaban J connectivity index is 2.64. The van der Waals surface area contributed by atoms with Gasteiger partial charge in [-0.25, -0.2) is 4.79 Å². The Morgan fingerprint density at radius 1 is 1.59 bits per heavy atom. The van der Waals surface area contributed by atoms with Crippen molar-refractivity contribution in [1.82, 2.24) is 15.1 Å². The van der Waals surface area contributed by atoms with Crippen LogP contribution in [0.2, 0.25) is 0 Å². The van der Waals surface area contributed by atoms with Gasteiger partial charge in [0, 0.05) is 6.04 Å². The Labute approximate surface area is 101 Å². The number of hydrogen-bond acceptors (Lipinski definition) is 5. The molecule has 2 N–H and O–H groups in total. The first-order valence-electron chi connectivity index (χ1n) is 5.47. The summed E-state index contributed by atoms with van der Waals surface area (Å²) in [5.41, 5.74) is 0.150. The standard InChI is InChI=1S/C11H18N4O2/c1-8(5-7-15(2)3)13-10-9(11(16)17)4-6-12-14-10/h4,6,8H,5,7H2,1-3H3,(H,13,14)(H,16,17). The van der Waals surface area contributed by atoms with Gasteiger partial charge in [0.2, 0.25) is 0 Å². The Bertz CT molecular complexity index is 381. The number of hydrogen-bond donors (Lipinski definition) is 2. The predicted octanol–water partition coefficient (Wildman–Crippen LogP) is 0.927. The zero-order chi connectivity index (χ0) is 12.8. The minimum Gasteiger partial charge on any atom is -0.478 e. The van der Waals surface area contributed by atoms with Crippen molar-refractivity contribution in [3.05, 3.63) is 17.8 Å². The highest BCUT2D eigenvalue weighted by Gasteiger charge is 2.13. The molecule has 0 aliphatic carbocycles. The van der Waals surface area contributed by atoms with Gasteiger partial charge in [0.15, 0.2) is 5.82 Å². The molecule has 0 saturated heterocycles. The molecule has 1 aromatic heterocycles. The molecule has 1 heterocycles. The van der Waals surface area contributed by atoms with E-state index in [2.05, 4.69) is 20.4 Å². The molecule has 17 heavy (non-hydrogen) atoms. The molecule has 1 unspecified atom stereocenters. The van der Waals surface area contributed by atoms with Crippen LogP contribution < -0.4 is 5.32 Å². The molecule has 0 aliphatic rings. The second-order valence-electron chi connectivity index (χ2n) is 4.24. The lowest BCUT2D eigenvalue weighted by atomic mass is 10.2. The van der Waals surface area contributed by atoms with E-state index in [0.717, 1.165) is 13.0 Å². The van der Waals surface area contributed by atoms with Crippen LogP contribution in [0.25, 0.3) is 0 Å². The highest BCUT2D eigenvalue weighted by molar-refractivity contribution is 5.92. The molecule has 6 heteroatoms. The minimum atomic E-state index is -0.998. The van der Waals surface area contributed by atoms with Gasteiger partial charge in [-0.15, -0.1) is 5.10 Å². The SMILES string of the molecule is CC(CCN(C)C)Nc1nnccc1C(=O)O. The van der Waals surface area contributed by atoms with Crippen molar-refractivity contribution in [3.63, 3.8) is 0 Å². The fraction of sp³-hybridized carbons (Fsp3) is 0.545. The normalized spacial score (nSPS) is 12.5. The van der Waals surface area contributed by atoms with Crippen LogP contribution in [0.1, 0.15) is 23.7 Å². The van der Waals surface area contributed by atoms with Crippen LogP contribution in [-0.2, 0) is 0 Å². The Hall–Kier alpha value is -1.69. The molecule has 94 valence electrons. The van der Waals surface area contributed by atoms with Crippen LogP contribution in [0.15, 0.2) is 12.3 Å². The summed E-state index contributed by atoms with van der Waals surface area (Å²) in [6.45, 7) is 2.92. The van der Waals surface area contributed by atoms with Gasteiger partial charge in [-0.3, -0.25) is 0 Å². The van der Waals surface area contributed by atoms with Crippen molar-refractivity contribution in [1.29, 1.82) is 0 Å². The summed E-state index contributed by atoms with van der Waals surface area (Å²) < 4.78 is 0.